The number of halogens is 1. The number of rotatable bonds is 5. The number of carbonyl (C=O) groups excluding carboxylic acids is 1. The van der Waals surface area contributed by atoms with E-state index in [-0.39, 0.29) is 23.9 Å². The molecule has 0 unspecified atom stereocenters. The summed E-state index contributed by atoms with van der Waals surface area (Å²) in [6.45, 7) is 1.21. The molecule has 1 saturated heterocycles. The lowest BCUT2D eigenvalue weighted by atomic mass is 10.2. The van der Waals surface area contributed by atoms with Gasteiger partial charge in [-0.1, -0.05) is 23.7 Å². The van der Waals surface area contributed by atoms with Crippen molar-refractivity contribution in [1.82, 2.24) is 9.21 Å². The third kappa shape index (κ3) is 4.73. The molecule has 1 amide bonds. The minimum absolute atomic E-state index is 0.139. The molecule has 148 valence electrons. The number of sulfonamides is 1. The fourth-order valence-corrected chi connectivity index (χ4v) is 4.44. The van der Waals surface area contributed by atoms with Crippen molar-refractivity contribution >= 4 is 33.6 Å². The number of methoxy groups -OCH3 is 1. The molecule has 28 heavy (non-hydrogen) atoms. The van der Waals surface area contributed by atoms with Gasteiger partial charge in [0.2, 0.25) is 15.9 Å². The summed E-state index contributed by atoms with van der Waals surface area (Å²) in [4.78, 5) is 14.2. The second-order valence-electron chi connectivity index (χ2n) is 6.29. The highest BCUT2D eigenvalue weighted by atomic mass is 35.5. The molecule has 3 rings (SSSR count). The van der Waals surface area contributed by atoms with Crippen LogP contribution in [0, 0.1) is 0 Å². The SMILES string of the molecule is COc1ccc(C=CC(=O)N2CCN(S(=O)(=O)c3ccc(Cl)cc3)CC2)cc1. The number of hydrogen-bond donors (Lipinski definition) is 0. The van der Waals surface area contributed by atoms with Crippen molar-refractivity contribution < 1.29 is 17.9 Å². The Hall–Kier alpha value is -2.35. The van der Waals surface area contributed by atoms with Gasteiger partial charge in [0.1, 0.15) is 5.75 Å². The van der Waals surface area contributed by atoms with Crippen LogP contribution in [0.5, 0.6) is 5.75 Å². The number of carbonyl (C=O) groups is 1. The van der Waals surface area contributed by atoms with E-state index in [4.69, 9.17) is 16.3 Å². The summed E-state index contributed by atoms with van der Waals surface area (Å²) >= 11 is 5.83. The molecular weight excluding hydrogens is 400 g/mol. The first-order valence-corrected chi connectivity index (χ1v) is 10.6. The fraction of sp³-hybridized carbons (Fsp3) is 0.250. The van der Waals surface area contributed by atoms with E-state index < -0.39 is 10.0 Å². The van der Waals surface area contributed by atoms with Gasteiger partial charge in [-0.3, -0.25) is 4.79 Å². The molecule has 0 aliphatic carbocycles. The predicted molar refractivity (Wildman–Crippen MR) is 109 cm³/mol. The van der Waals surface area contributed by atoms with Crippen molar-refractivity contribution in [2.75, 3.05) is 33.3 Å². The largest absolute Gasteiger partial charge is 0.497 e. The Morgan fingerprint density at radius 3 is 2.18 bits per heavy atom. The third-order valence-electron chi connectivity index (χ3n) is 4.54. The van der Waals surface area contributed by atoms with E-state index in [1.54, 1.807) is 30.2 Å². The van der Waals surface area contributed by atoms with Gasteiger partial charge in [-0.25, -0.2) is 8.42 Å². The van der Waals surface area contributed by atoms with Crippen LogP contribution in [0.15, 0.2) is 59.5 Å². The van der Waals surface area contributed by atoms with Crippen LogP contribution in [-0.2, 0) is 14.8 Å². The van der Waals surface area contributed by atoms with E-state index in [2.05, 4.69) is 0 Å². The van der Waals surface area contributed by atoms with Crippen molar-refractivity contribution in [3.63, 3.8) is 0 Å². The Balaban J connectivity index is 1.58. The number of amides is 1. The number of nitrogens with zero attached hydrogens (tertiary/aromatic N) is 2. The van der Waals surface area contributed by atoms with E-state index in [1.807, 2.05) is 24.3 Å². The molecule has 1 heterocycles. The van der Waals surface area contributed by atoms with E-state index in [0.717, 1.165) is 11.3 Å². The predicted octanol–water partition coefficient (Wildman–Crippen LogP) is 2.89. The highest BCUT2D eigenvalue weighted by Gasteiger charge is 2.29. The average Bonchev–Trinajstić information content (AvgIpc) is 2.73. The van der Waals surface area contributed by atoms with Crippen LogP contribution in [-0.4, -0.2) is 56.8 Å². The Labute approximate surface area is 170 Å². The molecule has 2 aromatic rings. The normalized spacial score (nSPS) is 15.7. The quantitative estimate of drug-likeness (QED) is 0.697. The molecular formula is C20H21ClN2O4S. The highest BCUT2D eigenvalue weighted by molar-refractivity contribution is 7.89. The minimum Gasteiger partial charge on any atom is -0.497 e. The second kappa shape index (κ2) is 8.77. The summed E-state index contributed by atoms with van der Waals surface area (Å²) in [7, 11) is -1.98. The van der Waals surface area contributed by atoms with Crippen molar-refractivity contribution in [1.29, 1.82) is 0 Å². The van der Waals surface area contributed by atoms with Crippen LogP contribution in [0.25, 0.3) is 6.08 Å². The highest BCUT2D eigenvalue weighted by Crippen LogP contribution is 2.20. The van der Waals surface area contributed by atoms with Gasteiger partial charge in [-0.15, -0.1) is 0 Å². The van der Waals surface area contributed by atoms with Crippen molar-refractivity contribution in [3.8, 4) is 5.75 Å². The number of benzene rings is 2. The molecule has 0 saturated carbocycles. The van der Waals surface area contributed by atoms with Gasteiger partial charge < -0.3 is 9.64 Å². The number of piperazine rings is 1. The molecule has 0 bridgehead atoms. The zero-order chi connectivity index (χ0) is 20.1. The molecule has 0 atom stereocenters. The van der Waals surface area contributed by atoms with E-state index >= 15 is 0 Å². The van der Waals surface area contributed by atoms with Gasteiger partial charge in [-0.2, -0.15) is 4.31 Å². The van der Waals surface area contributed by atoms with Gasteiger partial charge in [0.05, 0.1) is 12.0 Å². The second-order valence-corrected chi connectivity index (χ2v) is 8.66. The zero-order valence-corrected chi connectivity index (χ0v) is 17.0. The monoisotopic (exact) mass is 420 g/mol. The summed E-state index contributed by atoms with van der Waals surface area (Å²) in [5, 5.41) is 0.484. The molecule has 0 aromatic heterocycles. The molecule has 0 N–H and O–H groups in total. The van der Waals surface area contributed by atoms with Crippen LogP contribution >= 0.6 is 11.6 Å². The summed E-state index contributed by atoms with van der Waals surface area (Å²) in [6.07, 6.45) is 3.24. The van der Waals surface area contributed by atoms with Gasteiger partial charge in [-0.05, 0) is 48.0 Å². The smallest absolute Gasteiger partial charge is 0.246 e. The van der Waals surface area contributed by atoms with Gasteiger partial charge in [0.15, 0.2) is 0 Å². The zero-order valence-electron chi connectivity index (χ0n) is 15.4. The lowest BCUT2D eigenvalue weighted by molar-refractivity contribution is -0.127. The lowest BCUT2D eigenvalue weighted by Gasteiger charge is -2.33. The summed E-state index contributed by atoms with van der Waals surface area (Å²) in [5.74, 6) is 0.612. The molecule has 8 heteroatoms. The van der Waals surface area contributed by atoms with Crippen LogP contribution in [0.3, 0.4) is 0 Å². The van der Waals surface area contributed by atoms with Crippen molar-refractivity contribution in [2.45, 2.75) is 4.90 Å². The third-order valence-corrected chi connectivity index (χ3v) is 6.70. The lowest BCUT2D eigenvalue weighted by Crippen LogP contribution is -2.50. The molecule has 6 nitrogen and oxygen atoms in total. The van der Waals surface area contributed by atoms with Crippen LogP contribution < -0.4 is 4.74 Å². The fourth-order valence-electron chi connectivity index (χ4n) is 2.89. The summed E-state index contributed by atoms with van der Waals surface area (Å²) in [5.41, 5.74) is 0.887. The van der Waals surface area contributed by atoms with E-state index in [1.165, 1.54) is 22.5 Å². The minimum atomic E-state index is -3.58. The summed E-state index contributed by atoms with van der Waals surface area (Å²) < 4.78 is 31.9. The topological polar surface area (TPSA) is 66.9 Å². The molecule has 2 aromatic carbocycles. The van der Waals surface area contributed by atoms with E-state index in [0.29, 0.717) is 18.1 Å². The van der Waals surface area contributed by atoms with Crippen molar-refractivity contribution in [3.05, 3.63) is 65.2 Å². The van der Waals surface area contributed by atoms with E-state index in [9.17, 15) is 13.2 Å². The summed E-state index contributed by atoms with van der Waals surface area (Å²) in [6, 6.07) is 13.5. The number of hydrogen-bond acceptors (Lipinski definition) is 4. The standard InChI is InChI=1S/C20H21ClN2O4S/c1-27-18-7-2-16(3-8-18)4-11-20(24)22-12-14-23(15-13-22)28(25,26)19-9-5-17(21)6-10-19/h2-11H,12-15H2,1H3. The molecule has 0 spiro atoms. The van der Waals surface area contributed by atoms with Crippen LogP contribution in [0.1, 0.15) is 5.56 Å². The van der Waals surface area contributed by atoms with Gasteiger partial charge >= 0.3 is 0 Å². The molecule has 0 radical (unpaired) electrons. The molecule has 1 aliphatic rings. The van der Waals surface area contributed by atoms with Crippen molar-refractivity contribution in [2.24, 2.45) is 0 Å². The Bertz CT molecular complexity index is 949. The maximum atomic E-state index is 12.7. The van der Waals surface area contributed by atoms with Gasteiger partial charge in [0, 0.05) is 37.3 Å². The number of ether oxygens (including phenoxy) is 1. The first-order valence-electron chi connectivity index (χ1n) is 8.77. The Kier molecular flexibility index (Phi) is 6.39. The van der Waals surface area contributed by atoms with Crippen LogP contribution in [0.4, 0.5) is 0 Å². The average molecular weight is 421 g/mol. The maximum Gasteiger partial charge on any atom is 0.246 e. The first-order chi connectivity index (χ1) is 13.4. The van der Waals surface area contributed by atoms with Gasteiger partial charge in [0.25, 0.3) is 0 Å². The Morgan fingerprint density at radius 2 is 1.61 bits per heavy atom. The maximum absolute atomic E-state index is 12.7. The Morgan fingerprint density at radius 1 is 1.00 bits per heavy atom. The van der Waals surface area contributed by atoms with Crippen LogP contribution in [0.2, 0.25) is 5.02 Å². The molecule has 1 aliphatic heterocycles. The first kappa shape index (κ1) is 20.4. The molecule has 1 fully saturated rings.